The first-order valence-electron chi connectivity index (χ1n) is 10.4. The van der Waals surface area contributed by atoms with Gasteiger partial charge in [-0.2, -0.15) is 0 Å². The second-order valence-corrected chi connectivity index (χ2v) is 7.14. The number of nitrogens with one attached hydrogen (secondary N) is 2. The molecule has 2 aliphatic rings. The molecule has 0 saturated carbocycles. The SMILES string of the molecule is CN=C(NCCCOCC1CCCO1)NCc1ccccc1N1CCOCC1. The summed E-state index contributed by atoms with van der Waals surface area (Å²) in [4.78, 5) is 6.72. The number of morpholine rings is 1. The average molecular weight is 391 g/mol. The van der Waals surface area contributed by atoms with Crippen LogP contribution in [-0.2, 0) is 20.8 Å². The van der Waals surface area contributed by atoms with E-state index in [4.69, 9.17) is 14.2 Å². The Kier molecular flexibility index (Phi) is 8.87. The Bertz CT molecular complexity index is 599. The van der Waals surface area contributed by atoms with Crippen molar-refractivity contribution < 1.29 is 14.2 Å². The van der Waals surface area contributed by atoms with E-state index in [1.165, 1.54) is 11.3 Å². The maximum atomic E-state index is 5.70. The van der Waals surface area contributed by atoms with Crippen molar-refractivity contribution >= 4 is 11.6 Å². The smallest absolute Gasteiger partial charge is 0.191 e. The Labute approximate surface area is 168 Å². The fourth-order valence-corrected chi connectivity index (χ4v) is 3.54. The van der Waals surface area contributed by atoms with Gasteiger partial charge < -0.3 is 29.7 Å². The predicted molar refractivity (Wildman–Crippen MR) is 112 cm³/mol. The van der Waals surface area contributed by atoms with Crippen molar-refractivity contribution in [3.05, 3.63) is 29.8 Å². The molecule has 0 radical (unpaired) electrons. The Hall–Kier alpha value is -1.83. The second kappa shape index (κ2) is 11.9. The minimum atomic E-state index is 0.300. The van der Waals surface area contributed by atoms with Crippen molar-refractivity contribution in [1.29, 1.82) is 0 Å². The summed E-state index contributed by atoms with van der Waals surface area (Å²) < 4.78 is 16.7. The molecule has 0 amide bonds. The Morgan fingerprint density at radius 2 is 2.07 bits per heavy atom. The van der Waals surface area contributed by atoms with Gasteiger partial charge in [-0.3, -0.25) is 4.99 Å². The van der Waals surface area contributed by atoms with Crippen LogP contribution in [0.4, 0.5) is 5.69 Å². The Morgan fingerprint density at radius 1 is 1.21 bits per heavy atom. The molecular formula is C21H34N4O3. The predicted octanol–water partition coefficient (Wildman–Crippen LogP) is 1.77. The number of hydrogen-bond acceptors (Lipinski definition) is 5. The molecule has 28 heavy (non-hydrogen) atoms. The molecule has 7 nitrogen and oxygen atoms in total. The number of nitrogens with zero attached hydrogens (tertiary/aromatic N) is 2. The summed E-state index contributed by atoms with van der Waals surface area (Å²) in [5, 5.41) is 6.78. The standard InChI is InChI=1S/C21H34N4O3/c1-22-21(23-9-5-12-27-17-19-7-4-13-28-19)24-16-18-6-2-3-8-20(18)25-10-14-26-15-11-25/h2-3,6,8,19H,4-5,7,9-17H2,1H3,(H2,22,23,24). The fraction of sp³-hybridized carbons (Fsp3) is 0.667. The molecule has 2 aliphatic heterocycles. The molecule has 2 heterocycles. The molecule has 0 bridgehead atoms. The highest BCUT2D eigenvalue weighted by molar-refractivity contribution is 5.79. The lowest BCUT2D eigenvalue weighted by molar-refractivity contribution is 0.0168. The Balaban J connectivity index is 1.36. The molecule has 156 valence electrons. The first kappa shape index (κ1) is 20.9. The van der Waals surface area contributed by atoms with Crippen LogP contribution in [0.15, 0.2) is 29.3 Å². The third kappa shape index (κ3) is 6.65. The van der Waals surface area contributed by atoms with Crippen LogP contribution in [0, 0.1) is 0 Å². The molecular weight excluding hydrogens is 356 g/mol. The van der Waals surface area contributed by atoms with Gasteiger partial charge in [0.2, 0.25) is 0 Å². The zero-order chi connectivity index (χ0) is 19.4. The third-order valence-corrected chi connectivity index (χ3v) is 5.10. The molecule has 0 aromatic heterocycles. The topological polar surface area (TPSA) is 67.4 Å². The molecule has 1 aromatic carbocycles. The first-order chi connectivity index (χ1) is 13.9. The quantitative estimate of drug-likeness (QED) is 0.381. The lowest BCUT2D eigenvalue weighted by Crippen LogP contribution is -2.39. The van der Waals surface area contributed by atoms with Crippen LogP contribution in [0.25, 0.3) is 0 Å². The molecule has 2 saturated heterocycles. The van der Waals surface area contributed by atoms with E-state index < -0.39 is 0 Å². The summed E-state index contributed by atoms with van der Waals surface area (Å²) in [7, 11) is 1.80. The summed E-state index contributed by atoms with van der Waals surface area (Å²) >= 11 is 0. The highest BCUT2D eigenvalue weighted by atomic mass is 16.5. The Morgan fingerprint density at radius 3 is 2.86 bits per heavy atom. The van der Waals surface area contributed by atoms with Crippen LogP contribution in [-0.4, -0.2) is 71.8 Å². The van der Waals surface area contributed by atoms with E-state index in [1.54, 1.807) is 7.05 Å². The van der Waals surface area contributed by atoms with E-state index in [0.29, 0.717) is 12.7 Å². The summed E-state index contributed by atoms with van der Waals surface area (Å²) in [6, 6.07) is 8.54. The van der Waals surface area contributed by atoms with E-state index in [1.807, 2.05) is 0 Å². The maximum absolute atomic E-state index is 5.70. The molecule has 7 heteroatoms. The number of benzene rings is 1. The number of guanidine groups is 1. The summed E-state index contributed by atoms with van der Waals surface area (Å²) in [6.45, 7) is 7.37. The lowest BCUT2D eigenvalue weighted by atomic mass is 10.1. The van der Waals surface area contributed by atoms with Crippen LogP contribution in [0.1, 0.15) is 24.8 Å². The van der Waals surface area contributed by atoms with E-state index in [0.717, 1.165) is 77.8 Å². The summed E-state index contributed by atoms with van der Waals surface area (Å²) in [6.07, 6.45) is 3.53. The molecule has 2 N–H and O–H groups in total. The minimum Gasteiger partial charge on any atom is -0.379 e. The minimum absolute atomic E-state index is 0.300. The molecule has 1 atom stereocenters. The van der Waals surface area contributed by atoms with Gasteiger partial charge in [0.25, 0.3) is 0 Å². The van der Waals surface area contributed by atoms with Gasteiger partial charge in [-0.25, -0.2) is 0 Å². The van der Waals surface area contributed by atoms with E-state index >= 15 is 0 Å². The van der Waals surface area contributed by atoms with Crippen LogP contribution >= 0.6 is 0 Å². The molecule has 0 spiro atoms. The van der Waals surface area contributed by atoms with Crippen molar-refractivity contribution in [3.8, 4) is 0 Å². The van der Waals surface area contributed by atoms with Crippen LogP contribution in [0.3, 0.4) is 0 Å². The van der Waals surface area contributed by atoms with Gasteiger partial charge in [0, 0.05) is 52.1 Å². The molecule has 3 rings (SSSR count). The molecule has 2 fully saturated rings. The van der Waals surface area contributed by atoms with Gasteiger partial charge in [-0.15, -0.1) is 0 Å². The van der Waals surface area contributed by atoms with Crippen molar-refractivity contribution in [2.75, 3.05) is 64.6 Å². The van der Waals surface area contributed by atoms with E-state index in [-0.39, 0.29) is 0 Å². The zero-order valence-corrected chi connectivity index (χ0v) is 17.0. The van der Waals surface area contributed by atoms with Crippen LogP contribution < -0.4 is 15.5 Å². The number of aliphatic imine (C=N–C) groups is 1. The van der Waals surface area contributed by atoms with Gasteiger partial charge in [0.05, 0.1) is 25.9 Å². The highest BCUT2D eigenvalue weighted by Gasteiger charge is 2.15. The van der Waals surface area contributed by atoms with E-state index in [9.17, 15) is 0 Å². The highest BCUT2D eigenvalue weighted by Crippen LogP contribution is 2.21. The molecule has 1 aromatic rings. The van der Waals surface area contributed by atoms with Gasteiger partial charge in [-0.1, -0.05) is 18.2 Å². The second-order valence-electron chi connectivity index (χ2n) is 7.14. The number of para-hydroxylation sites is 1. The molecule has 1 unspecified atom stereocenters. The van der Waals surface area contributed by atoms with Crippen molar-refractivity contribution in [1.82, 2.24) is 10.6 Å². The van der Waals surface area contributed by atoms with Crippen molar-refractivity contribution in [2.24, 2.45) is 4.99 Å². The number of anilines is 1. The number of ether oxygens (including phenoxy) is 3. The monoisotopic (exact) mass is 390 g/mol. The lowest BCUT2D eigenvalue weighted by Gasteiger charge is -2.30. The van der Waals surface area contributed by atoms with Crippen molar-refractivity contribution in [3.63, 3.8) is 0 Å². The largest absolute Gasteiger partial charge is 0.379 e. The van der Waals surface area contributed by atoms with Crippen molar-refractivity contribution in [2.45, 2.75) is 31.9 Å². The fourth-order valence-electron chi connectivity index (χ4n) is 3.54. The van der Waals surface area contributed by atoms with Crippen LogP contribution in [0.2, 0.25) is 0 Å². The van der Waals surface area contributed by atoms with Gasteiger partial charge >= 0.3 is 0 Å². The third-order valence-electron chi connectivity index (χ3n) is 5.10. The van der Waals surface area contributed by atoms with Crippen LogP contribution in [0.5, 0.6) is 0 Å². The van der Waals surface area contributed by atoms with E-state index in [2.05, 4.69) is 44.8 Å². The number of rotatable bonds is 9. The van der Waals surface area contributed by atoms with Gasteiger partial charge in [-0.05, 0) is 30.9 Å². The maximum Gasteiger partial charge on any atom is 0.191 e. The molecule has 0 aliphatic carbocycles. The average Bonchev–Trinajstić information content (AvgIpc) is 3.27. The zero-order valence-electron chi connectivity index (χ0n) is 17.0. The number of hydrogen-bond donors (Lipinski definition) is 2. The van der Waals surface area contributed by atoms with Gasteiger partial charge in [0.1, 0.15) is 0 Å². The summed E-state index contributed by atoms with van der Waals surface area (Å²) in [5.41, 5.74) is 2.54. The van der Waals surface area contributed by atoms with Gasteiger partial charge in [0.15, 0.2) is 5.96 Å². The first-order valence-corrected chi connectivity index (χ1v) is 10.4. The normalized spacial score (nSPS) is 20.4. The summed E-state index contributed by atoms with van der Waals surface area (Å²) in [5.74, 6) is 0.816.